The fourth-order valence-electron chi connectivity index (χ4n) is 2.69. The summed E-state index contributed by atoms with van der Waals surface area (Å²) in [7, 11) is -1.96. The summed E-state index contributed by atoms with van der Waals surface area (Å²) >= 11 is 0. The van der Waals surface area contributed by atoms with Crippen LogP contribution < -0.4 is 4.74 Å². The fraction of sp³-hybridized carbons (Fsp3) is 0.455. The maximum Gasteiger partial charge on any atom is 0.192 e. The molecule has 0 heterocycles. The quantitative estimate of drug-likeness (QED) is 0.542. The van der Waals surface area contributed by atoms with Crippen LogP contribution in [0.15, 0.2) is 36.4 Å². The summed E-state index contributed by atoms with van der Waals surface area (Å²) < 4.78 is 12.5. The third kappa shape index (κ3) is 4.62. The molecule has 3 N–H and O–H groups in total. The minimum absolute atomic E-state index is 0.0821. The Morgan fingerprint density at radius 2 is 1.25 bits per heavy atom. The Bertz CT molecular complexity index is 806. The van der Waals surface area contributed by atoms with Crippen LogP contribution in [0, 0.1) is 0 Å². The van der Waals surface area contributed by atoms with Crippen LogP contribution in [0.3, 0.4) is 0 Å². The standard InChI is InChI=1S/C22H32O5Si/c1-14(15(2)27-28(6,7)22(3,4)5)26-19-13-9-12-18(25)21(19)20-16(23)10-8-11-17(20)24/h8-15,23-25H,1-7H3/t14-,15+/m1/s1. The second kappa shape index (κ2) is 8.05. The third-order valence-electron chi connectivity index (χ3n) is 5.54. The Hall–Kier alpha value is -2.18. The molecule has 2 aromatic rings. The van der Waals surface area contributed by atoms with Crippen molar-refractivity contribution in [3.63, 3.8) is 0 Å². The summed E-state index contributed by atoms with van der Waals surface area (Å²) in [5, 5.41) is 31.0. The Balaban J connectivity index is 2.34. The molecule has 0 spiro atoms. The zero-order chi connectivity index (χ0) is 21.3. The maximum absolute atomic E-state index is 10.4. The smallest absolute Gasteiger partial charge is 0.192 e. The van der Waals surface area contributed by atoms with Crippen molar-refractivity contribution < 1.29 is 24.5 Å². The summed E-state index contributed by atoms with van der Waals surface area (Å²) in [4.78, 5) is 0. The molecule has 2 aromatic carbocycles. The molecule has 28 heavy (non-hydrogen) atoms. The lowest BCUT2D eigenvalue weighted by molar-refractivity contribution is 0.0681. The second-order valence-corrected chi connectivity index (χ2v) is 13.5. The van der Waals surface area contributed by atoms with Gasteiger partial charge in [-0.25, -0.2) is 0 Å². The van der Waals surface area contributed by atoms with Crippen LogP contribution in [-0.2, 0) is 4.43 Å². The van der Waals surface area contributed by atoms with Crippen LogP contribution in [0.5, 0.6) is 23.0 Å². The lowest BCUT2D eigenvalue weighted by Gasteiger charge is -2.39. The zero-order valence-electron chi connectivity index (χ0n) is 17.8. The van der Waals surface area contributed by atoms with E-state index < -0.39 is 8.32 Å². The number of rotatable bonds is 6. The van der Waals surface area contributed by atoms with Crippen molar-refractivity contribution in [3.8, 4) is 34.1 Å². The SMILES string of the molecule is C[C@H](O[Si](C)(C)C(C)(C)C)[C@@H](C)Oc1cccc(O)c1-c1c(O)cccc1O. The van der Waals surface area contributed by atoms with E-state index in [-0.39, 0.29) is 45.6 Å². The third-order valence-corrected chi connectivity index (χ3v) is 10.1. The maximum atomic E-state index is 10.4. The van der Waals surface area contributed by atoms with Gasteiger partial charge in [0.15, 0.2) is 8.32 Å². The Kier molecular flexibility index (Phi) is 6.36. The molecule has 0 amide bonds. The Labute approximate surface area is 168 Å². The first-order valence-electron chi connectivity index (χ1n) is 9.53. The number of hydrogen-bond acceptors (Lipinski definition) is 5. The monoisotopic (exact) mass is 404 g/mol. The Morgan fingerprint density at radius 1 is 0.786 bits per heavy atom. The molecule has 0 saturated carbocycles. The fourth-order valence-corrected chi connectivity index (χ4v) is 4.16. The van der Waals surface area contributed by atoms with Crippen LogP contribution in [0.25, 0.3) is 11.1 Å². The van der Waals surface area contributed by atoms with Gasteiger partial charge in [-0.15, -0.1) is 0 Å². The van der Waals surface area contributed by atoms with Crippen molar-refractivity contribution in [3.05, 3.63) is 36.4 Å². The van der Waals surface area contributed by atoms with E-state index in [0.29, 0.717) is 5.75 Å². The normalized spacial score (nSPS) is 14.5. The van der Waals surface area contributed by atoms with Gasteiger partial charge in [-0.2, -0.15) is 0 Å². The first-order chi connectivity index (χ1) is 12.8. The van der Waals surface area contributed by atoms with Gasteiger partial charge in [0.25, 0.3) is 0 Å². The van der Waals surface area contributed by atoms with Gasteiger partial charge in [0.05, 0.1) is 17.2 Å². The molecule has 0 fully saturated rings. The highest BCUT2D eigenvalue weighted by Crippen LogP contribution is 2.46. The average Bonchev–Trinajstić information content (AvgIpc) is 2.55. The van der Waals surface area contributed by atoms with Crippen LogP contribution >= 0.6 is 0 Å². The molecule has 0 saturated heterocycles. The Morgan fingerprint density at radius 3 is 1.75 bits per heavy atom. The van der Waals surface area contributed by atoms with Crippen molar-refractivity contribution >= 4 is 8.32 Å². The molecular formula is C22H32O5Si. The van der Waals surface area contributed by atoms with Gasteiger partial charge in [0, 0.05) is 0 Å². The highest BCUT2D eigenvalue weighted by Gasteiger charge is 2.39. The van der Waals surface area contributed by atoms with E-state index in [4.69, 9.17) is 9.16 Å². The van der Waals surface area contributed by atoms with E-state index in [0.717, 1.165) is 0 Å². The number of aromatic hydroxyl groups is 3. The summed E-state index contributed by atoms with van der Waals surface area (Å²) in [6.07, 6.45) is -0.475. The minimum atomic E-state index is -1.96. The van der Waals surface area contributed by atoms with E-state index in [1.54, 1.807) is 12.1 Å². The van der Waals surface area contributed by atoms with Gasteiger partial charge >= 0.3 is 0 Å². The molecule has 154 valence electrons. The predicted molar refractivity (Wildman–Crippen MR) is 115 cm³/mol. The van der Waals surface area contributed by atoms with Crippen LogP contribution in [0.1, 0.15) is 34.6 Å². The minimum Gasteiger partial charge on any atom is -0.507 e. The summed E-state index contributed by atoms with van der Waals surface area (Å²) in [6.45, 7) is 14.8. The predicted octanol–water partition coefficient (Wildman–Crippen LogP) is 5.65. The molecule has 0 aliphatic carbocycles. The number of phenolic OH excluding ortho intramolecular Hbond substituents is 3. The van der Waals surface area contributed by atoms with Gasteiger partial charge in [-0.05, 0) is 56.2 Å². The highest BCUT2D eigenvalue weighted by atomic mass is 28.4. The van der Waals surface area contributed by atoms with Crippen LogP contribution in [0.4, 0.5) is 0 Å². The summed E-state index contributed by atoms with van der Waals surface area (Å²) in [6, 6.07) is 9.31. The second-order valence-electron chi connectivity index (χ2n) is 8.73. The van der Waals surface area contributed by atoms with Gasteiger partial charge in [0.2, 0.25) is 0 Å². The number of benzene rings is 2. The molecule has 2 atom stereocenters. The van der Waals surface area contributed by atoms with Gasteiger partial charge < -0.3 is 24.5 Å². The van der Waals surface area contributed by atoms with E-state index in [1.165, 1.54) is 24.3 Å². The van der Waals surface area contributed by atoms with Gasteiger partial charge in [-0.1, -0.05) is 32.9 Å². The molecular weight excluding hydrogens is 372 g/mol. The topological polar surface area (TPSA) is 79.2 Å². The zero-order valence-corrected chi connectivity index (χ0v) is 18.8. The van der Waals surface area contributed by atoms with E-state index in [9.17, 15) is 15.3 Å². The van der Waals surface area contributed by atoms with Crippen LogP contribution in [-0.4, -0.2) is 35.8 Å². The van der Waals surface area contributed by atoms with E-state index in [2.05, 4.69) is 33.9 Å². The molecule has 0 bridgehead atoms. The first-order valence-corrected chi connectivity index (χ1v) is 12.4. The molecule has 2 rings (SSSR count). The molecule has 0 unspecified atom stereocenters. The molecule has 0 radical (unpaired) electrons. The van der Waals surface area contributed by atoms with Gasteiger partial charge in [-0.3, -0.25) is 0 Å². The number of hydrogen-bond donors (Lipinski definition) is 3. The van der Waals surface area contributed by atoms with E-state index in [1.807, 2.05) is 13.8 Å². The molecule has 0 aliphatic rings. The van der Waals surface area contributed by atoms with Crippen molar-refractivity contribution in [2.45, 2.75) is 65.0 Å². The lowest BCUT2D eigenvalue weighted by Crippen LogP contribution is -2.46. The molecule has 0 aliphatic heterocycles. The van der Waals surface area contributed by atoms with Gasteiger partial charge in [0.1, 0.15) is 29.1 Å². The summed E-state index contributed by atoms with van der Waals surface area (Å²) in [5.41, 5.74) is 0.394. The average molecular weight is 405 g/mol. The number of ether oxygens (including phenoxy) is 1. The molecule has 5 nitrogen and oxygen atoms in total. The largest absolute Gasteiger partial charge is 0.507 e. The lowest BCUT2D eigenvalue weighted by atomic mass is 10.0. The molecule has 0 aromatic heterocycles. The van der Waals surface area contributed by atoms with Crippen molar-refractivity contribution in [1.29, 1.82) is 0 Å². The highest BCUT2D eigenvalue weighted by molar-refractivity contribution is 6.74. The van der Waals surface area contributed by atoms with Crippen molar-refractivity contribution in [2.75, 3.05) is 0 Å². The van der Waals surface area contributed by atoms with E-state index >= 15 is 0 Å². The summed E-state index contributed by atoms with van der Waals surface area (Å²) in [5.74, 6) is 0.0172. The number of phenols is 3. The van der Waals surface area contributed by atoms with Crippen molar-refractivity contribution in [2.24, 2.45) is 0 Å². The van der Waals surface area contributed by atoms with Crippen LogP contribution in [0.2, 0.25) is 18.1 Å². The molecule has 6 heteroatoms. The first kappa shape index (κ1) is 22.1. The van der Waals surface area contributed by atoms with Crippen molar-refractivity contribution in [1.82, 2.24) is 0 Å².